The van der Waals surface area contributed by atoms with Crippen molar-refractivity contribution < 1.29 is 4.79 Å². The molecule has 3 rings (SSSR count). The standard InChI is InChI=1S/C13H17NO/c1-13(6-7-13)9-14-8-5-10-11(14)3-2-4-12(10)15/h5,8H,2-4,6-7,9H2,1H3. The third-order valence-electron chi connectivity index (χ3n) is 3.85. The molecule has 0 N–H and O–H groups in total. The molecule has 2 nitrogen and oxygen atoms in total. The number of hydrogen-bond acceptors (Lipinski definition) is 1. The van der Waals surface area contributed by atoms with Crippen LogP contribution in [-0.2, 0) is 13.0 Å². The second kappa shape index (κ2) is 2.97. The summed E-state index contributed by atoms with van der Waals surface area (Å²) in [6, 6.07) is 2.02. The molecule has 0 aliphatic heterocycles. The van der Waals surface area contributed by atoms with Crippen LogP contribution in [0.25, 0.3) is 0 Å². The van der Waals surface area contributed by atoms with E-state index in [0.29, 0.717) is 11.2 Å². The minimum absolute atomic E-state index is 0.343. The van der Waals surface area contributed by atoms with Crippen molar-refractivity contribution in [2.75, 3.05) is 0 Å². The van der Waals surface area contributed by atoms with Gasteiger partial charge in [0.25, 0.3) is 0 Å². The quantitative estimate of drug-likeness (QED) is 0.724. The second-order valence-corrected chi connectivity index (χ2v) is 5.39. The van der Waals surface area contributed by atoms with Crippen LogP contribution in [0.1, 0.15) is 48.7 Å². The third-order valence-corrected chi connectivity index (χ3v) is 3.85. The lowest BCUT2D eigenvalue weighted by Gasteiger charge is -2.17. The molecule has 1 aromatic rings. The summed E-state index contributed by atoms with van der Waals surface area (Å²) in [7, 11) is 0. The van der Waals surface area contributed by atoms with Crippen molar-refractivity contribution in [2.45, 2.75) is 45.6 Å². The van der Waals surface area contributed by atoms with Gasteiger partial charge >= 0.3 is 0 Å². The molecule has 1 saturated carbocycles. The van der Waals surface area contributed by atoms with Crippen molar-refractivity contribution in [3.8, 4) is 0 Å². The summed E-state index contributed by atoms with van der Waals surface area (Å²) in [6.07, 6.45) is 7.66. The Labute approximate surface area is 90.3 Å². The van der Waals surface area contributed by atoms with E-state index in [1.807, 2.05) is 6.07 Å². The average molecular weight is 203 g/mol. The maximum Gasteiger partial charge on any atom is 0.164 e. The van der Waals surface area contributed by atoms with E-state index < -0.39 is 0 Å². The molecule has 1 heterocycles. The molecule has 0 unspecified atom stereocenters. The van der Waals surface area contributed by atoms with E-state index in [2.05, 4.69) is 17.7 Å². The van der Waals surface area contributed by atoms with Crippen molar-refractivity contribution in [2.24, 2.45) is 5.41 Å². The predicted molar refractivity (Wildman–Crippen MR) is 59.0 cm³/mol. The van der Waals surface area contributed by atoms with Gasteiger partial charge in [0.2, 0.25) is 0 Å². The zero-order valence-corrected chi connectivity index (χ0v) is 9.25. The minimum Gasteiger partial charge on any atom is -0.350 e. The molecule has 0 radical (unpaired) electrons. The Kier molecular flexibility index (Phi) is 1.82. The molecule has 1 aromatic heterocycles. The molecule has 0 amide bonds. The summed E-state index contributed by atoms with van der Waals surface area (Å²) in [4.78, 5) is 11.7. The van der Waals surface area contributed by atoms with Gasteiger partial charge in [0.15, 0.2) is 5.78 Å². The number of ketones is 1. The number of fused-ring (bicyclic) bond motifs is 1. The van der Waals surface area contributed by atoms with Gasteiger partial charge in [0.05, 0.1) is 0 Å². The zero-order valence-electron chi connectivity index (χ0n) is 9.25. The van der Waals surface area contributed by atoms with Crippen molar-refractivity contribution in [1.29, 1.82) is 0 Å². The number of Topliss-reactive ketones (excluding diaryl/α,β-unsaturated/α-hetero) is 1. The lowest BCUT2D eigenvalue weighted by atomic mass is 9.96. The van der Waals surface area contributed by atoms with Gasteiger partial charge in [0.1, 0.15) is 0 Å². The normalized spacial score (nSPS) is 22.6. The molecule has 1 fully saturated rings. The molecular weight excluding hydrogens is 186 g/mol. The van der Waals surface area contributed by atoms with E-state index in [9.17, 15) is 4.79 Å². The maximum atomic E-state index is 11.7. The molecule has 0 bridgehead atoms. The Bertz CT molecular complexity index is 412. The van der Waals surface area contributed by atoms with Crippen LogP contribution in [0.15, 0.2) is 12.3 Å². The molecule has 2 heteroatoms. The molecule has 0 saturated heterocycles. The van der Waals surface area contributed by atoms with Crippen molar-refractivity contribution in [3.63, 3.8) is 0 Å². The molecule has 15 heavy (non-hydrogen) atoms. The number of hydrogen-bond donors (Lipinski definition) is 0. The highest BCUT2D eigenvalue weighted by Crippen LogP contribution is 2.46. The Morgan fingerprint density at radius 3 is 2.93 bits per heavy atom. The van der Waals surface area contributed by atoms with E-state index in [1.165, 1.54) is 18.5 Å². The lowest BCUT2D eigenvalue weighted by molar-refractivity contribution is 0.0971. The van der Waals surface area contributed by atoms with Crippen LogP contribution < -0.4 is 0 Å². The highest BCUT2D eigenvalue weighted by atomic mass is 16.1. The summed E-state index contributed by atoms with van der Waals surface area (Å²) in [5.74, 6) is 0.343. The van der Waals surface area contributed by atoms with Crippen LogP contribution in [-0.4, -0.2) is 10.4 Å². The minimum atomic E-state index is 0.343. The Morgan fingerprint density at radius 2 is 2.20 bits per heavy atom. The number of carbonyl (C=O) groups is 1. The van der Waals surface area contributed by atoms with Crippen molar-refractivity contribution in [3.05, 3.63) is 23.5 Å². The van der Waals surface area contributed by atoms with Crippen LogP contribution >= 0.6 is 0 Å². The first-order chi connectivity index (χ1) is 7.18. The molecular formula is C13H17NO. The molecule has 80 valence electrons. The van der Waals surface area contributed by atoms with Crippen LogP contribution in [0.2, 0.25) is 0 Å². The highest BCUT2D eigenvalue weighted by Gasteiger charge is 2.38. The number of rotatable bonds is 2. The Balaban J connectivity index is 1.92. The van der Waals surface area contributed by atoms with E-state index >= 15 is 0 Å². The van der Waals surface area contributed by atoms with Gasteiger partial charge in [-0.2, -0.15) is 0 Å². The summed E-state index contributed by atoms with van der Waals surface area (Å²) in [5.41, 5.74) is 2.80. The fourth-order valence-electron chi connectivity index (χ4n) is 2.52. The number of nitrogens with zero attached hydrogens (tertiary/aromatic N) is 1. The monoisotopic (exact) mass is 203 g/mol. The zero-order chi connectivity index (χ0) is 10.5. The second-order valence-electron chi connectivity index (χ2n) is 5.39. The topological polar surface area (TPSA) is 22.0 Å². The maximum absolute atomic E-state index is 11.7. The Hall–Kier alpha value is -1.05. The summed E-state index contributed by atoms with van der Waals surface area (Å²) in [5, 5.41) is 0. The Morgan fingerprint density at radius 1 is 1.40 bits per heavy atom. The van der Waals surface area contributed by atoms with Gasteiger partial charge in [-0.25, -0.2) is 0 Å². The van der Waals surface area contributed by atoms with Crippen LogP contribution in [0, 0.1) is 5.41 Å². The fraction of sp³-hybridized carbons (Fsp3) is 0.615. The van der Waals surface area contributed by atoms with Crippen molar-refractivity contribution >= 4 is 5.78 Å². The molecule has 0 aromatic carbocycles. The van der Waals surface area contributed by atoms with Crippen LogP contribution in [0.4, 0.5) is 0 Å². The van der Waals surface area contributed by atoms with Crippen LogP contribution in [0.3, 0.4) is 0 Å². The third kappa shape index (κ3) is 1.52. The first kappa shape index (κ1) is 9.20. The number of carbonyl (C=O) groups excluding carboxylic acids is 1. The molecule has 0 spiro atoms. The molecule has 2 aliphatic carbocycles. The summed E-state index contributed by atoms with van der Waals surface area (Å²) >= 11 is 0. The van der Waals surface area contributed by atoms with E-state index in [4.69, 9.17) is 0 Å². The van der Waals surface area contributed by atoms with Gasteiger partial charge in [-0.3, -0.25) is 4.79 Å². The van der Waals surface area contributed by atoms with Gasteiger partial charge in [-0.1, -0.05) is 6.92 Å². The first-order valence-corrected chi connectivity index (χ1v) is 5.89. The highest BCUT2D eigenvalue weighted by molar-refractivity contribution is 5.98. The predicted octanol–water partition coefficient (Wildman–Crippen LogP) is 2.81. The largest absolute Gasteiger partial charge is 0.350 e. The van der Waals surface area contributed by atoms with E-state index in [1.54, 1.807) is 0 Å². The van der Waals surface area contributed by atoms with Crippen molar-refractivity contribution in [1.82, 2.24) is 4.57 Å². The first-order valence-electron chi connectivity index (χ1n) is 5.89. The lowest BCUT2D eigenvalue weighted by Crippen LogP contribution is -2.15. The van der Waals surface area contributed by atoms with E-state index in [-0.39, 0.29) is 0 Å². The van der Waals surface area contributed by atoms with E-state index in [0.717, 1.165) is 31.4 Å². The van der Waals surface area contributed by atoms with Crippen LogP contribution in [0.5, 0.6) is 0 Å². The van der Waals surface area contributed by atoms with Gasteiger partial charge in [-0.05, 0) is 37.2 Å². The SMILES string of the molecule is CC1(Cn2ccc3c2CCCC3=O)CC1. The molecule has 0 atom stereocenters. The average Bonchev–Trinajstić information content (AvgIpc) is 2.78. The molecule has 2 aliphatic rings. The van der Waals surface area contributed by atoms with Gasteiger partial charge < -0.3 is 4.57 Å². The fourth-order valence-corrected chi connectivity index (χ4v) is 2.52. The summed E-state index contributed by atoms with van der Waals surface area (Å²) in [6.45, 7) is 3.44. The summed E-state index contributed by atoms with van der Waals surface area (Å²) < 4.78 is 2.32. The smallest absolute Gasteiger partial charge is 0.164 e. The van der Waals surface area contributed by atoms with Gasteiger partial charge in [0, 0.05) is 30.4 Å². The number of aromatic nitrogens is 1. The van der Waals surface area contributed by atoms with Gasteiger partial charge in [-0.15, -0.1) is 0 Å².